The maximum atomic E-state index is 6.44. The maximum Gasteiger partial charge on any atom is 0.124 e. The summed E-state index contributed by atoms with van der Waals surface area (Å²) in [7, 11) is 0. The molecule has 0 spiro atoms. The lowest BCUT2D eigenvalue weighted by Gasteiger charge is -2.24. The molecule has 0 fully saturated rings. The van der Waals surface area contributed by atoms with E-state index in [1.54, 1.807) is 0 Å². The SMILES string of the molecule is ClC1(I)CC=CC=C1c1ccccc1. The molecule has 0 amide bonds. The molecule has 1 aliphatic carbocycles. The third-order valence-electron chi connectivity index (χ3n) is 2.25. The van der Waals surface area contributed by atoms with E-state index in [9.17, 15) is 0 Å². The molecule has 1 aromatic rings. The van der Waals surface area contributed by atoms with Crippen molar-refractivity contribution in [1.82, 2.24) is 0 Å². The van der Waals surface area contributed by atoms with Crippen molar-refractivity contribution in [2.45, 2.75) is 9.30 Å². The molecule has 0 aliphatic heterocycles. The van der Waals surface area contributed by atoms with Crippen molar-refractivity contribution in [3.63, 3.8) is 0 Å². The third-order valence-corrected chi connectivity index (χ3v) is 3.63. The monoisotopic (exact) mass is 316 g/mol. The summed E-state index contributed by atoms with van der Waals surface area (Å²) in [4.78, 5) is 0. The van der Waals surface area contributed by atoms with Crippen molar-refractivity contribution in [3.05, 3.63) is 54.1 Å². The minimum absolute atomic E-state index is 0.284. The second-order valence-corrected chi connectivity index (χ2v) is 6.41. The van der Waals surface area contributed by atoms with Gasteiger partial charge in [-0.1, -0.05) is 71.2 Å². The van der Waals surface area contributed by atoms with Gasteiger partial charge in [0.1, 0.15) is 2.88 Å². The summed E-state index contributed by atoms with van der Waals surface area (Å²) < 4.78 is -0.284. The van der Waals surface area contributed by atoms with Crippen LogP contribution in [0.1, 0.15) is 12.0 Å². The van der Waals surface area contributed by atoms with Gasteiger partial charge in [0, 0.05) is 0 Å². The lowest BCUT2D eigenvalue weighted by Crippen LogP contribution is -2.15. The highest BCUT2D eigenvalue weighted by atomic mass is 127. The number of hydrogen-bond acceptors (Lipinski definition) is 0. The van der Waals surface area contributed by atoms with E-state index in [1.807, 2.05) is 18.2 Å². The lowest BCUT2D eigenvalue weighted by atomic mass is 9.97. The first-order chi connectivity index (χ1) is 6.70. The summed E-state index contributed by atoms with van der Waals surface area (Å²) in [5, 5.41) is 0. The van der Waals surface area contributed by atoms with Crippen LogP contribution >= 0.6 is 34.2 Å². The zero-order chi connectivity index (χ0) is 10.0. The number of allylic oxidation sites excluding steroid dienone is 4. The molecule has 1 atom stereocenters. The predicted molar refractivity (Wildman–Crippen MR) is 70.8 cm³/mol. The Hall–Kier alpha value is -0.280. The standard InChI is InChI=1S/C12H10ClI/c13-12(14)9-5-4-8-11(12)10-6-2-1-3-7-10/h1-8H,9H2. The summed E-state index contributed by atoms with van der Waals surface area (Å²) in [6.07, 6.45) is 7.15. The molecule has 0 saturated heterocycles. The fourth-order valence-corrected chi connectivity index (χ4v) is 2.54. The second kappa shape index (κ2) is 4.07. The fourth-order valence-electron chi connectivity index (χ4n) is 1.54. The Kier molecular flexibility index (Phi) is 2.98. The molecular formula is C12H10ClI. The number of rotatable bonds is 1. The van der Waals surface area contributed by atoms with Crippen molar-refractivity contribution in [1.29, 1.82) is 0 Å². The number of benzene rings is 1. The van der Waals surface area contributed by atoms with Crippen LogP contribution in [0.5, 0.6) is 0 Å². The van der Waals surface area contributed by atoms with Crippen LogP contribution in [-0.2, 0) is 0 Å². The predicted octanol–water partition coefficient (Wildman–Crippen LogP) is 4.40. The summed E-state index contributed by atoms with van der Waals surface area (Å²) in [6, 6.07) is 10.3. The van der Waals surface area contributed by atoms with Crippen molar-refractivity contribution in [3.8, 4) is 0 Å². The molecule has 0 N–H and O–H groups in total. The largest absolute Gasteiger partial charge is 0.124 e. The van der Waals surface area contributed by atoms with E-state index in [2.05, 4.69) is 53.0 Å². The van der Waals surface area contributed by atoms with Gasteiger partial charge in [-0.25, -0.2) is 0 Å². The Morgan fingerprint density at radius 1 is 1.21 bits per heavy atom. The Bertz CT molecular complexity index is 377. The van der Waals surface area contributed by atoms with Crippen LogP contribution in [0.25, 0.3) is 5.57 Å². The van der Waals surface area contributed by atoms with Gasteiger partial charge < -0.3 is 0 Å². The zero-order valence-corrected chi connectivity index (χ0v) is 10.5. The van der Waals surface area contributed by atoms with E-state index in [-0.39, 0.29) is 2.88 Å². The van der Waals surface area contributed by atoms with Gasteiger partial charge in [-0.2, -0.15) is 0 Å². The molecule has 1 aliphatic rings. The summed E-state index contributed by atoms with van der Waals surface area (Å²) in [6.45, 7) is 0. The van der Waals surface area contributed by atoms with Gasteiger partial charge in [0.2, 0.25) is 0 Å². The first-order valence-electron chi connectivity index (χ1n) is 4.51. The van der Waals surface area contributed by atoms with Crippen molar-refractivity contribution in [2.75, 3.05) is 0 Å². The molecule has 1 aromatic carbocycles. The fraction of sp³-hybridized carbons (Fsp3) is 0.167. The Balaban J connectivity index is 2.43. The highest BCUT2D eigenvalue weighted by Crippen LogP contribution is 2.44. The molecule has 1 unspecified atom stereocenters. The zero-order valence-electron chi connectivity index (χ0n) is 7.58. The van der Waals surface area contributed by atoms with Crippen LogP contribution in [0.15, 0.2) is 48.6 Å². The third kappa shape index (κ3) is 2.04. The summed E-state index contributed by atoms with van der Waals surface area (Å²) in [5.74, 6) is 0. The van der Waals surface area contributed by atoms with E-state index in [0.29, 0.717) is 0 Å². The highest BCUT2D eigenvalue weighted by molar-refractivity contribution is 14.1. The molecule has 0 heterocycles. The van der Waals surface area contributed by atoms with Crippen LogP contribution in [0.2, 0.25) is 0 Å². The van der Waals surface area contributed by atoms with Gasteiger partial charge in [0.05, 0.1) is 0 Å². The molecule has 0 saturated carbocycles. The molecular weight excluding hydrogens is 306 g/mol. The maximum absolute atomic E-state index is 6.44. The van der Waals surface area contributed by atoms with E-state index < -0.39 is 0 Å². The second-order valence-electron chi connectivity index (χ2n) is 3.28. The molecule has 2 heteroatoms. The molecule has 2 rings (SSSR count). The highest BCUT2D eigenvalue weighted by Gasteiger charge is 2.29. The van der Waals surface area contributed by atoms with Crippen molar-refractivity contribution >= 4 is 39.8 Å². The van der Waals surface area contributed by atoms with Crippen LogP contribution in [0.3, 0.4) is 0 Å². The van der Waals surface area contributed by atoms with Gasteiger partial charge in [-0.05, 0) is 17.6 Å². The van der Waals surface area contributed by atoms with Crippen LogP contribution in [0, 0.1) is 0 Å². The average Bonchev–Trinajstić information content (AvgIpc) is 2.18. The van der Waals surface area contributed by atoms with Crippen LogP contribution in [0.4, 0.5) is 0 Å². The number of hydrogen-bond donors (Lipinski definition) is 0. The smallest absolute Gasteiger partial charge is 0.102 e. The molecule has 0 bridgehead atoms. The minimum Gasteiger partial charge on any atom is -0.102 e. The lowest BCUT2D eigenvalue weighted by molar-refractivity contribution is 1.03. The number of alkyl halides is 2. The first kappa shape index (κ1) is 10.2. The molecule has 0 aromatic heterocycles. The topological polar surface area (TPSA) is 0 Å². The Morgan fingerprint density at radius 2 is 1.93 bits per heavy atom. The van der Waals surface area contributed by atoms with E-state index in [1.165, 1.54) is 11.1 Å². The van der Waals surface area contributed by atoms with Gasteiger partial charge in [-0.3, -0.25) is 0 Å². The van der Waals surface area contributed by atoms with Gasteiger partial charge in [-0.15, -0.1) is 11.6 Å². The summed E-state index contributed by atoms with van der Waals surface area (Å²) >= 11 is 8.74. The molecule has 72 valence electrons. The average molecular weight is 317 g/mol. The van der Waals surface area contributed by atoms with E-state index in [4.69, 9.17) is 11.6 Å². The minimum atomic E-state index is -0.284. The summed E-state index contributed by atoms with van der Waals surface area (Å²) in [5.41, 5.74) is 2.41. The van der Waals surface area contributed by atoms with Gasteiger partial charge in [0.15, 0.2) is 0 Å². The molecule has 0 nitrogen and oxygen atoms in total. The Labute approximate surface area is 103 Å². The van der Waals surface area contributed by atoms with Crippen LogP contribution < -0.4 is 0 Å². The van der Waals surface area contributed by atoms with Crippen LogP contribution in [-0.4, -0.2) is 2.88 Å². The number of halogens is 2. The van der Waals surface area contributed by atoms with Gasteiger partial charge in [0.25, 0.3) is 0 Å². The van der Waals surface area contributed by atoms with Crippen molar-refractivity contribution in [2.24, 2.45) is 0 Å². The first-order valence-corrected chi connectivity index (χ1v) is 5.96. The molecule has 0 radical (unpaired) electrons. The normalized spacial score (nSPS) is 26.0. The van der Waals surface area contributed by atoms with E-state index in [0.717, 1.165) is 6.42 Å². The van der Waals surface area contributed by atoms with Gasteiger partial charge >= 0.3 is 0 Å². The van der Waals surface area contributed by atoms with E-state index >= 15 is 0 Å². The van der Waals surface area contributed by atoms with Crippen molar-refractivity contribution < 1.29 is 0 Å². The quantitative estimate of drug-likeness (QED) is 0.532. The molecule has 14 heavy (non-hydrogen) atoms. The Morgan fingerprint density at radius 3 is 2.57 bits per heavy atom.